The van der Waals surface area contributed by atoms with E-state index in [9.17, 15) is 9.59 Å². The van der Waals surface area contributed by atoms with Gasteiger partial charge in [0.05, 0.1) is 12.6 Å². The number of ether oxygens (including phenoxy) is 1. The molecule has 1 unspecified atom stereocenters. The van der Waals surface area contributed by atoms with E-state index < -0.39 is 0 Å². The molecular formula is C21H23ClN2O3. The van der Waals surface area contributed by atoms with E-state index in [0.29, 0.717) is 5.02 Å². The number of carbonyl (C=O) groups is 2. The Labute approximate surface area is 164 Å². The fraction of sp³-hybridized carbons (Fsp3) is 0.333. The highest BCUT2D eigenvalue weighted by atomic mass is 35.5. The maximum Gasteiger partial charge on any atom is 0.246 e. The molecule has 0 bridgehead atoms. The molecule has 0 radical (unpaired) electrons. The van der Waals surface area contributed by atoms with Crippen LogP contribution in [-0.4, -0.2) is 18.4 Å². The molecule has 1 aliphatic carbocycles. The highest BCUT2D eigenvalue weighted by molar-refractivity contribution is 6.31. The van der Waals surface area contributed by atoms with Crippen LogP contribution in [-0.2, 0) is 20.9 Å². The van der Waals surface area contributed by atoms with Gasteiger partial charge in [0, 0.05) is 16.6 Å². The third kappa shape index (κ3) is 5.81. The van der Waals surface area contributed by atoms with Crippen molar-refractivity contribution >= 4 is 29.1 Å². The monoisotopic (exact) mass is 386 g/mol. The number of amides is 2. The van der Waals surface area contributed by atoms with Crippen molar-refractivity contribution in [3.8, 4) is 0 Å². The van der Waals surface area contributed by atoms with Crippen LogP contribution in [0.1, 0.15) is 36.9 Å². The van der Waals surface area contributed by atoms with Crippen molar-refractivity contribution in [1.29, 1.82) is 0 Å². The maximum atomic E-state index is 12.1. The van der Waals surface area contributed by atoms with Crippen molar-refractivity contribution in [3.05, 3.63) is 64.7 Å². The van der Waals surface area contributed by atoms with Crippen molar-refractivity contribution < 1.29 is 14.3 Å². The molecule has 0 saturated heterocycles. The normalized spacial score (nSPS) is 14.4. The first-order valence-corrected chi connectivity index (χ1v) is 9.42. The molecule has 2 aromatic carbocycles. The van der Waals surface area contributed by atoms with Crippen molar-refractivity contribution in [1.82, 2.24) is 5.32 Å². The van der Waals surface area contributed by atoms with E-state index in [-0.39, 0.29) is 37.0 Å². The second-order valence-corrected chi connectivity index (χ2v) is 7.17. The van der Waals surface area contributed by atoms with Crippen LogP contribution in [0.25, 0.3) is 0 Å². The zero-order valence-corrected chi connectivity index (χ0v) is 16.0. The Morgan fingerprint density at radius 2 is 1.85 bits per heavy atom. The SMILES string of the molecule is CC(NC(=O)COCc1ccccc1Cl)c1ccc(NC(=O)C2CC2)cc1. The van der Waals surface area contributed by atoms with Crippen LogP contribution >= 0.6 is 11.6 Å². The average molecular weight is 387 g/mol. The van der Waals surface area contributed by atoms with Gasteiger partial charge in [-0.1, -0.05) is 41.9 Å². The lowest BCUT2D eigenvalue weighted by molar-refractivity contribution is -0.126. The first kappa shape index (κ1) is 19.4. The second kappa shape index (κ2) is 9.02. The Morgan fingerprint density at radius 3 is 2.52 bits per heavy atom. The van der Waals surface area contributed by atoms with Crippen LogP contribution in [0.15, 0.2) is 48.5 Å². The van der Waals surface area contributed by atoms with Crippen LogP contribution < -0.4 is 10.6 Å². The van der Waals surface area contributed by atoms with E-state index in [0.717, 1.165) is 29.7 Å². The number of rotatable bonds is 8. The quantitative estimate of drug-likeness (QED) is 0.718. The topological polar surface area (TPSA) is 67.4 Å². The zero-order valence-electron chi connectivity index (χ0n) is 15.2. The molecule has 142 valence electrons. The molecule has 2 N–H and O–H groups in total. The van der Waals surface area contributed by atoms with Gasteiger partial charge in [-0.05, 0) is 49.1 Å². The highest BCUT2D eigenvalue weighted by Gasteiger charge is 2.29. The summed E-state index contributed by atoms with van der Waals surface area (Å²) in [6.07, 6.45) is 1.96. The minimum atomic E-state index is -0.194. The predicted octanol–water partition coefficient (Wildman–Crippen LogP) is 4.08. The summed E-state index contributed by atoms with van der Waals surface area (Å²) in [4.78, 5) is 23.8. The summed E-state index contributed by atoms with van der Waals surface area (Å²) in [5, 5.41) is 6.43. The average Bonchev–Trinajstić information content (AvgIpc) is 3.49. The minimum Gasteiger partial charge on any atom is -0.367 e. The smallest absolute Gasteiger partial charge is 0.246 e. The summed E-state index contributed by atoms with van der Waals surface area (Å²) >= 11 is 6.06. The zero-order chi connectivity index (χ0) is 19.2. The Morgan fingerprint density at radius 1 is 1.15 bits per heavy atom. The van der Waals surface area contributed by atoms with Gasteiger partial charge in [-0.25, -0.2) is 0 Å². The molecule has 0 aliphatic heterocycles. The standard InChI is InChI=1S/C21H23ClN2O3/c1-14(15-8-10-18(11-9-15)24-21(26)16-6-7-16)23-20(25)13-27-12-17-4-2-3-5-19(17)22/h2-5,8-11,14,16H,6-7,12-13H2,1H3,(H,23,25)(H,24,26). The Bertz CT molecular complexity index is 803. The molecule has 0 spiro atoms. The van der Waals surface area contributed by atoms with Crippen molar-refractivity contribution in [2.45, 2.75) is 32.4 Å². The van der Waals surface area contributed by atoms with Gasteiger partial charge in [0.15, 0.2) is 0 Å². The van der Waals surface area contributed by atoms with E-state index in [1.807, 2.05) is 49.4 Å². The number of hydrogen-bond donors (Lipinski definition) is 2. The number of anilines is 1. The molecule has 5 nitrogen and oxygen atoms in total. The summed E-state index contributed by atoms with van der Waals surface area (Å²) < 4.78 is 5.45. The summed E-state index contributed by atoms with van der Waals surface area (Å²) in [5.74, 6) is 0.0640. The third-order valence-electron chi connectivity index (χ3n) is 4.45. The first-order valence-electron chi connectivity index (χ1n) is 9.04. The number of hydrogen-bond acceptors (Lipinski definition) is 3. The van der Waals surface area contributed by atoms with Gasteiger partial charge >= 0.3 is 0 Å². The fourth-order valence-corrected chi connectivity index (χ4v) is 2.87. The van der Waals surface area contributed by atoms with E-state index in [1.165, 1.54) is 0 Å². The lowest BCUT2D eigenvalue weighted by Gasteiger charge is -2.15. The molecule has 1 fully saturated rings. The van der Waals surface area contributed by atoms with Crippen LogP contribution in [0.4, 0.5) is 5.69 Å². The first-order chi connectivity index (χ1) is 13.0. The predicted molar refractivity (Wildman–Crippen MR) is 105 cm³/mol. The van der Waals surface area contributed by atoms with Crippen molar-refractivity contribution in [2.75, 3.05) is 11.9 Å². The molecule has 27 heavy (non-hydrogen) atoms. The summed E-state index contributed by atoms with van der Waals surface area (Å²) in [6, 6.07) is 14.7. The number of halogens is 1. The molecule has 1 saturated carbocycles. The van der Waals surface area contributed by atoms with Crippen molar-refractivity contribution in [3.63, 3.8) is 0 Å². The molecule has 2 aromatic rings. The molecule has 0 heterocycles. The number of carbonyl (C=O) groups excluding carboxylic acids is 2. The summed E-state index contributed by atoms with van der Waals surface area (Å²) in [6.45, 7) is 2.16. The molecule has 2 amide bonds. The van der Waals surface area contributed by atoms with Crippen LogP contribution in [0, 0.1) is 5.92 Å². The molecule has 0 aromatic heterocycles. The van der Waals surface area contributed by atoms with Crippen LogP contribution in [0.5, 0.6) is 0 Å². The van der Waals surface area contributed by atoms with E-state index >= 15 is 0 Å². The molecular weight excluding hydrogens is 364 g/mol. The Balaban J connectivity index is 1.43. The van der Waals surface area contributed by atoms with E-state index in [4.69, 9.17) is 16.3 Å². The van der Waals surface area contributed by atoms with E-state index in [2.05, 4.69) is 10.6 Å². The highest BCUT2D eigenvalue weighted by Crippen LogP contribution is 2.30. The van der Waals surface area contributed by atoms with Gasteiger partial charge < -0.3 is 15.4 Å². The number of benzene rings is 2. The van der Waals surface area contributed by atoms with Crippen molar-refractivity contribution in [2.24, 2.45) is 5.92 Å². The summed E-state index contributed by atoms with van der Waals surface area (Å²) in [5.41, 5.74) is 2.58. The lowest BCUT2D eigenvalue weighted by Crippen LogP contribution is -2.30. The largest absolute Gasteiger partial charge is 0.367 e. The summed E-state index contributed by atoms with van der Waals surface area (Å²) in [7, 11) is 0. The van der Waals surface area contributed by atoms with E-state index in [1.54, 1.807) is 6.07 Å². The van der Waals surface area contributed by atoms with Gasteiger partial charge in [0.25, 0.3) is 0 Å². The molecule has 3 rings (SSSR count). The van der Waals surface area contributed by atoms with Gasteiger partial charge in [-0.2, -0.15) is 0 Å². The molecule has 1 atom stereocenters. The Hall–Kier alpha value is -2.37. The van der Waals surface area contributed by atoms with Gasteiger partial charge in [-0.15, -0.1) is 0 Å². The molecule has 6 heteroatoms. The van der Waals surface area contributed by atoms with Gasteiger partial charge in [-0.3, -0.25) is 9.59 Å². The number of nitrogens with one attached hydrogen (secondary N) is 2. The second-order valence-electron chi connectivity index (χ2n) is 6.76. The van der Waals surface area contributed by atoms with Gasteiger partial charge in [0.1, 0.15) is 6.61 Å². The third-order valence-corrected chi connectivity index (χ3v) is 4.82. The molecule has 1 aliphatic rings. The minimum absolute atomic E-state index is 0.0366. The van der Waals surface area contributed by atoms with Crippen LogP contribution in [0.2, 0.25) is 5.02 Å². The Kier molecular flexibility index (Phi) is 6.48. The fourth-order valence-electron chi connectivity index (χ4n) is 2.68. The van der Waals surface area contributed by atoms with Gasteiger partial charge in [0.2, 0.25) is 11.8 Å². The lowest BCUT2D eigenvalue weighted by atomic mass is 10.1. The maximum absolute atomic E-state index is 12.1. The van der Waals surface area contributed by atoms with Crippen LogP contribution in [0.3, 0.4) is 0 Å².